The van der Waals surface area contributed by atoms with Gasteiger partial charge < -0.3 is 4.74 Å². The van der Waals surface area contributed by atoms with Crippen LogP contribution in [0.5, 0.6) is 0 Å². The van der Waals surface area contributed by atoms with Gasteiger partial charge in [0.1, 0.15) is 6.54 Å². The second kappa shape index (κ2) is 8.84. The minimum absolute atomic E-state index is 0.0355. The molecule has 0 N–H and O–H groups in total. The summed E-state index contributed by atoms with van der Waals surface area (Å²) in [5.41, 5.74) is -1.31. The van der Waals surface area contributed by atoms with Crippen molar-refractivity contribution in [3.05, 3.63) is 67.7 Å². The zero-order valence-electron chi connectivity index (χ0n) is 14.8. The molecule has 0 amide bonds. The van der Waals surface area contributed by atoms with Gasteiger partial charge in [0.25, 0.3) is 21.4 Å². The lowest BCUT2D eigenvalue weighted by Gasteiger charge is -2.24. The molecular weight excluding hydrogens is 430 g/mol. The number of benzene rings is 2. The van der Waals surface area contributed by atoms with E-state index in [0.717, 1.165) is 42.5 Å². The Morgan fingerprint density at radius 2 is 1.72 bits per heavy atom. The number of esters is 1. The van der Waals surface area contributed by atoms with Crippen LogP contribution in [0.2, 0.25) is 5.02 Å². The third kappa shape index (κ3) is 4.97. The maximum Gasteiger partial charge on any atom is 0.326 e. The molecule has 2 aromatic carbocycles. The highest BCUT2D eigenvalue weighted by Crippen LogP contribution is 2.34. The lowest BCUT2D eigenvalue weighted by molar-refractivity contribution is -0.385. The average Bonchev–Trinajstić information content (AvgIpc) is 2.66. The predicted molar refractivity (Wildman–Crippen MR) is 102 cm³/mol. The summed E-state index contributed by atoms with van der Waals surface area (Å²) in [7, 11) is -4.57. The monoisotopic (exact) mass is 443 g/mol. The highest BCUT2D eigenvalue weighted by atomic mass is 35.5. The Hall–Kier alpha value is -3.25. The van der Waals surface area contributed by atoms with Crippen LogP contribution in [0.25, 0.3) is 0 Å². The maximum absolute atomic E-state index is 13.1. The van der Waals surface area contributed by atoms with Gasteiger partial charge in [0.2, 0.25) is 0 Å². The maximum atomic E-state index is 13.1. The van der Waals surface area contributed by atoms with Gasteiger partial charge in [0.15, 0.2) is 0 Å². The van der Waals surface area contributed by atoms with Crippen molar-refractivity contribution in [2.75, 3.05) is 17.5 Å². The molecule has 0 aliphatic carbocycles. The first-order valence-electron chi connectivity index (χ1n) is 7.94. The number of nitro groups is 2. The summed E-state index contributed by atoms with van der Waals surface area (Å²) in [6.45, 7) is 0.629. The van der Waals surface area contributed by atoms with Crippen LogP contribution in [0.4, 0.5) is 17.1 Å². The number of nitro benzene ring substituents is 2. The van der Waals surface area contributed by atoms with Crippen molar-refractivity contribution in [1.29, 1.82) is 0 Å². The minimum atomic E-state index is -4.57. The molecular formula is C16H14ClN3O8S. The van der Waals surface area contributed by atoms with Crippen LogP contribution in [-0.4, -0.2) is 37.4 Å². The third-order valence-corrected chi connectivity index (χ3v) is 5.68. The van der Waals surface area contributed by atoms with E-state index in [1.165, 1.54) is 6.92 Å². The smallest absolute Gasteiger partial charge is 0.326 e. The van der Waals surface area contributed by atoms with E-state index in [0.29, 0.717) is 4.31 Å². The van der Waals surface area contributed by atoms with Crippen LogP contribution in [0.15, 0.2) is 47.4 Å². The Labute approximate surface area is 169 Å². The molecule has 29 heavy (non-hydrogen) atoms. The third-order valence-electron chi connectivity index (χ3n) is 3.60. The second-order valence-electron chi connectivity index (χ2n) is 5.46. The molecule has 0 spiro atoms. The highest BCUT2D eigenvalue weighted by molar-refractivity contribution is 7.92. The summed E-state index contributed by atoms with van der Waals surface area (Å²) in [4.78, 5) is 32.0. The van der Waals surface area contributed by atoms with Crippen molar-refractivity contribution in [1.82, 2.24) is 0 Å². The summed E-state index contributed by atoms with van der Waals surface area (Å²) in [6, 6.07) is 7.20. The van der Waals surface area contributed by atoms with Crippen molar-refractivity contribution in [2.24, 2.45) is 0 Å². The van der Waals surface area contributed by atoms with Gasteiger partial charge in [0, 0.05) is 24.3 Å². The molecule has 0 fully saturated rings. The zero-order valence-corrected chi connectivity index (χ0v) is 16.4. The summed E-state index contributed by atoms with van der Waals surface area (Å²) in [5, 5.41) is 21.9. The molecule has 0 aliphatic rings. The summed E-state index contributed by atoms with van der Waals surface area (Å²) in [5.74, 6) is -0.941. The van der Waals surface area contributed by atoms with E-state index < -0.39 is 48.7 Å². The number of hydrogen-bond donors (Lipinski definition) is 0. The molecule has 11 nitrogen and oxygen atoms in total. The first kappa shape index (κ1) is 22.0. The normalized spacial score (nSPS) is 11.0. The molecule has 0 saturated carbocycles. The van der Waals surface area contributed by atoms with E-state index >= 15 is 0 Å². The van der Waals surface area contributed by atoms with E-state index in [1.54, 1.807) is 0 Å². The molecule has 154 valence electrons. The van der Waals surface area contributed by atoms with Gasteiger partial charge in [-0.15, -0.1) is 0 Å². The lowest BCUT2D eigenvalue weighted by atomic mass is 10.3. The second-order valence-corrected chi connectivity index (χ2v) is 7.73. The van der Waals surface area contributed by atoms with E-state index in [2.05, 4.69) is 0 Å². The molecule has 0 aromatic heterocycles. The first-order chi connectivity index (χ1) is 13.6. The standard InChI is InChI=1S/C16H14ClN3O8S/c1-2-28-16(21)10-18(15-9-12(20(24)25)6-7-14(15)17)29(26,27)13-5-3-4-11(8-13)19(22)23/h3-9H,2,10H2,1H3. The van der Waals surface area contributed by atoms with Gasteiger partial charge in [0.05, 0.1) is 32.1 Å². The predicted octanol–water partition coefficient (Wildman–Crippen LogP) is 2.91. The van der Waals surface area contributed by atoms with Crippen molar-refractivity contribution in [3.8, 4) is 0 Å². The summed E-state index contributed by atoms with van der Waals surface area (Å²) >= 11 is 6.04. The molecule has 0 heterocycles. The number of rotatable bonds is 8. The fourth-order valence-electron chi connectivity index (χ4n) is 2.31. The Morgan fingerprint density at radius 1 is 1.10 bits per heavy atom. The van der Waals surface area contributed by atoms with Gasteiger partial charge in [-0.25, -0.2) is 8.42 Å². The number of ether oxygens (including phenoxy) is 1. The molecule has 2 aromatic rings. The molecule has 0 unspecified atom stereocenters. The number of carbonyl (C=O) groups is 1. The Morgan fingerprint density at radius 3 is 2.31 bits per heavy atom. The van der Waals surface area contributed by atoms with Crippen LogP contribution in [0.3, 0.4) is 0 Å². The van der Waals surface area contributed by atoms with Crippen LogP contribution in [0, 0.1) is 20.2 Å². The van der Waals surface area contributed by atoms with Crippen molar-refractivity contribution < 1.29 is 27.8 Å². The van der Waals surface area contributed by atoms with Crippen molar-refractivity contribution in [2.45, 2.75) is 11.8 Å². The Bertz CT molecular complexity index is 1070. The van der Waals surface area contributed by atoms with Gasteiger partial charge in [-0.1, -0.05) is 17.7 Å². The number of sulfonamides is 1. The van der Waals surface area contributed by atoms with Gasteiger partial charge in [-0.3, -0.25) is 29.3 Å². The average molecular weight is 444 g/mol. The van der Waals surface area contributed by atoms with E-state index in [4.69, 9.17) is 16.3 Å². The lowest BCUT2D eigenvalue weighted by Crippen LogP contribution is -2.37. The Kier molecular flexibility index (Phi) is 6.72. The number of carbonyl (C=O) groups excluding carboxylic acids is 1. The number of anilines is 1. The van der Waals surface area contributed by atoms with E-state index in [1.807, 2.05) is 0 Å². The van der Waals surface area contributed by atoms with Gasteiger partial charge >= 0.3 is 5.97 Å². The summed E-state index contributed by atoms with van der Waals surface area (Å²) in [6.07, 6.45) is 0. The fourth-order valence-corrected chi connectivity index (χ4v) is 4.04. The van der Waals surface area contributed by atoms with Crippen LogP contribution >= 0.6 is 11.6 Å². The Balaban J connectivity index is 2.66. The van der Waals surface area contributed by atoms with Crippen molar-refractivity contribution >= 4 is 44.7 Å². The number of non-ortho nitro benzene ring substituents is 2. The minimum Gasteiger partial charge on any atom is -0.465 e. The van der Waals surface area contributed by atoms with Gasteiger partial charge in [-0.2, -0.15) is 0 Å². The van der Waals surface area contributed by atoms with Crippen LogP contribution in [-0.2, 0) is 19.6 Å². The molecule has 0 bridgehead atoms. The largest absolute Gasteiger partial charge is 0.465 e. The molecule has 2 rings (SSSR count). The molecule has 13 heteroatoms. The molecule has 0 radical (unpaired) electrons. The van der Waals surface area contributed by atoms with Crippen LogP contribution < -0.4 is 4.31 Å². The highest BCUT2D eigenvalue weighted by Gasteiger charge is 2.31. The van der Waals surface area contributed by atoms with Crippen LogP contribution in [0.1, 0.15) is 6.92 Å². The molecule has 0 saturated heterocycles. The zero-order chi connectivity index (χ0) is 21.8. The molecule has 0 atom stereocenters. The topological polar surface area (TPSA) is 150 Å². The number of halogens is 1. The SMILES string of the molecule is CCOC(=O)CN(c1cc([N+](=O)[O-])ccc1Cl)S(=O)(=O)c1cccc([N+](=O)[O-])c1. The number of nitrogens with zero attached hydrogens (tertiary/aromatic N) is 3. The fraction of sp³-hybridized carbons (Fsp3) is 0.188. The van der Waals surface area contributed by atoms with E-state index in [9.17, 15) is 33.4 Å². The number of hydrogen-bond acceptors (Lipinski definition) is 8. The quantitative estimate of drug-likeness (QED) is 0.343. The van der Waals surface area contributed by atoms with Gasteiger partial charge in [-0.05, 0) is 19.1 Å². The summed E-state index contributed by atoms with van der Waals surface area (Å²) < 4.78 is 31.6. The van der Waals surface area contributed by atoms with E-state index in [-0.39, 0.29) is 17.3 Å². The molecule has 0 aliphatic heterocycles. The van der Waals surface area contributed by atoms with Crippen molar-refractivity contribution in [3.63, 3.8) is 0 Å². The first-order valence-corrected chi connectivity index (χ1v) is 9.76.